The zero-order chi connectivity index (χ0) is 15.8. The topological polar surface area (TPSA) is 65.9 Å². The molecule has 2 aliphatic carbocycles. The Labute approximate surface area is 157 Å². The van der Waals surface area contributed by atoms with Crippen LogP contribution in [0.2, 0.25) is 0 Å². The highest BCUT2D eigenvalue weighted by molar-refractivity contribution is 14.0. The summed E-state index contributed by atoms with van der Waals surface area (Å²) in [6.45, 7) is 8.83. The first-order valence-electron chi connectivity index (χ1n) is 8.85. The second-order valence-corrected chi connectivity index (χ2v) is 7.81. The van der Waals surface area contributed by atoms with Crippen LogP contribution in [-0.4, -0.2) is 48.5 Å². The molecule has 1 heterocycles. The summed E-state index contributed by atoms with van der Waals surface area (Å²) >= 11 is 0. The number of halogens is 1. The van der Waals surface area contributed by atoms with Gasteiger partial charge in [-0.05, 0) is 26.2 Å². The molecule has 5 nitrogen and oxygen atoms in total. The first-order valence-corrected chi connectivity index (χ1v) is 8.85. The van der Waals surface area contributed by atoms with Crippen molar-refractivity contribution >= 4 is 29.9 Å². The highest BCUT2D eigenvalue weighted by Crippen LogP contribution is 2.52. The van der Waals surface area contributed by atoms with Gasteiger partial charge in [0.25, 0.3) is 0 Å². The number of hydrogen-bond donors (Lipinski definition) is 3. The number of ether oxygens (including phenoxy) is 1. The van der Waals surface area contributed by atoms with E-state index in [1.54, 1.807) is 0 Å². The van der Waals surface area contributed by atoms with Crippen molar-refractivity contribution in [3.8, 4) is 0 Å². The number of aliphatic imine (C=N–C) groups is 1. The van der Waals surface area contributed by atoms with Crippen molar-refractivity contribution in [1.29, 1.82) is 0 Å². The van der Waals surface area contributed by atoms with Crippen molar-refractivity contribution in [3.63, 3.8) is 0 Å². The van der Waals surface area contributed by atoms with Crippen LogP contribution in [0.4, 0.5) is 0 Å². The van der Waals surface area contributed by atoms with Crippen LogP contribution in [0, 0.1) is 11.3 Å². The summed E-state index contributed by atoms with van der Waals surface area (Å²) in [6.07, 6.45) is 5.51. The molecule has 0 bridgehead atoms. The van der Waals surface area contributed by atoms with Gasteiger partial charge in [0.15, 0.2) is 5.96 Å². The van der Waals surface area contributed by atoms with Crippen molar-refractivity contribution in [1.82, 2.24) is 10.6 Å². The van der Waals surface area contributed by atoms with Crippen LogP contribution in [-0.2, 0) is 4.74 Å². The van der Waals surface area contributed by atoms with E-state index >= 15 is 0 Å². The molecule has 3 aliphatic rings. The molecule has 0 aromatic heterocycles. The lowest BCUT2D eigenvalue weighted by molar-refractivity contribution is -0.106. The van der Waals surface area contributed by atoms with Crippen LogP contribution in [0.15, 0.2) is 4.99 Å². The van der Waals surface area contributed by atoms with Gasteiger partial charge >= 0.3 is 0 Å². The summed E-state index contributed by atoms with van der Waals surface area (Å²) < 4.78 is 5.86. The van der Waals surface area contributed by atoms with E-state index < -0.39 is 5.60 Å². The quantitative estimate of drug-likeness (QED) is 0.359. The first kappa shape index (κ1) is 19.2. The van der Waals surface area contributed by atoms with Gasteiger partial charge in [0, 0.05) is 30.5 Å². The molecule has 3 atom stereocenters. The molecule has 134 valence electrons. The molecule has 0 aromatic carbocycles. The van der Waals surface area contributed by atoms with Crippen LogP contribution >= 0.6 is 24.0 Å². The summed E-state index contributed by atoms with van der Waals surface area (Å²) in [5, 5.41) is 17.4. The second-order valence-electron chi connectivity index (χ2n) is 7.81. The maximum Gasteiger partial charge on any atom is 0.191 e. The van der Waals surface area contributed by atoms with Gasteiger partial charge in [-0.15, -0.1) is 24.0 Å². The molecule has 23 heavy (non-hydrogen) atoms. The molecule has 1 aliphatic heterocycles. The molecule has 0 radical (unpaired) electrons. The van der Waals surface area contributed by atoms with Crippen molar-refractivity contribution < 1.29 is 9.84 Å². The number of hydrogen-bond acceptors (Lipinski definition) is 3. The lowest BCUT2D eigenvalue weighted by atomic mass is 9.57. The van der Waals surface area contributed by atoms with Crippen LogP contribution in [0.1, 0.15) is 52.9 Å². The van der Waals surface area contributed by atoms with Gasteiger partial charge < -0.3 is 20.5 Å². The highest BCUT2D eigenvalue weighted by atomic mass is 127. The molecule has 3 unspecified atom stereocenters. The Bertz CT molecular complexity index is 436. The maximum atomic E-state index is 10.5. The first-order chi connectivity index (χ1) is 10.5. The summed E-state index contributed by atoms with van der Waals surface area (Å²) in [4.78, 5) is 4.67. The molecule has 3 rings (SSSR count). The Kier molecular flexibility index (Phi) is 6.22. The number of guanidine groups is 1. The minimum atomic E-state index is -0.587. The van der Waals surface area contributed by atoms with E-state index in [0.717, 1.165) is 51.2 Å². The predicted octanol–water partition coefficient (Wildman–Crippen LogP) is 2.28. The zero-order valence-electron chi connectivity index (χ0n) is 14.6. The number of fused-ring (bicyclic) bond motifs is 1. The average Bonchev–Trinajstić information content (AvgIpc) is 3.10. The summed E-state index contributed by atoms with van der Waals surface area (Å²) in [6, 6.07) is 0.399. The molecule has 0 spiro atoms. The van der Waals surface area contributed by atoms with E-state index in [0.29, 0.717) is 24.6 Å². The molecule has 0 amide bonds. The van der Waals surface area contributed by atoms with Gasteiger partial charge in [0.05, 0.1) is 18.2 Å². The fourth-order valence-electron chi connectivity index (χ4n) is 4.50. The van der Waals surface area contributed by atoms with Crippen molar-refractivity contribution in [2.75, 3.05) is 19.7 Å². The van der Waals surface area contributed by atoms with E-state index in [-0.39, 0.29) is 29.4 Å². The van der Waals surface area contributed by atoms with Gasteiger partial charge in [-0.2, -0.15) is 0 Å². The van der Waals surface area contributed by atoms with E-state index in [1.165, 1.54) is 0 Å². The zero-order valence-corrected chi connectivity index (χ0v) is 16.9. The van der Waals surface area contributed by atoms with E-state index in [1.807, 2.05) is 0 Å². The molecule has 0 aromatic rings. The van der Waals surface area contributed by atoms with Crippen molar-refractivity contribution in [2.24, 2.45) is 16.3 Å². The summed E-state index contributed by atoms with van der Waals surface area (Å²) in [7, 11) is 0. The Hall–Kier alpha value is -0.0800. The number of aliphatic hydroxyl groups is 1. The second kappa shape index (κ2) is 7.44. The molecule has 6 heteroatoms. The van der Waals surface area contributed by atoms with Crippen LogP contribution in [0.25, 0.3) is 0 Å². The Morgan fingerprint density at radius 1 is 1.30 bits per heavy atom. The minimum Gasteiger partial charge on any atom is -0.388 e. The third-order valence-corrected chi connectivity index (χ3v) is 5.80. The van der Waals surface area contributed by atoms with E-state index in [4.69, 9.17) is 4.74 Å². The predicted molar refractivity (Wildman–Crippen MR) is 103 cm³/mol. The van der Waals surface area contributed by atoms with E-state index in [2.05, 4.69) is 36.4 Å². The Morgan fingerprint density at radius 2 is 2.00 bits per heavy atom. The monoisotopic (exact) mass is 437 g/mol. The molecule has 3 N–H and O–H groups in total. The fourth-order valence-corrected chi connectivity index (χ4v) is 4.50. The molecule has 1 saturated heterocycles. The summed E-state index contributed by atoms with van der Waals surface area (Å²) in [5.74, 6) is 1.43. The Balaban J connectivity index is 0.00000192. The lowest BCUT2D eigenvalue weighted by Gasteiger charge is -2.55. The van der Waals surface area contributed by atoms with E-state index in [9.17, 15) is 5.11 Å². The van der Waals surface area contributed by atoms with Crippen LogP contribution in [0.3, 0.4) is 0 Å². The SMILES string of the molecule is CCNC(=NCC1(O)CCCC1)NC1C2CCOC2C1(C)C.I. The van der Waals surface area contributed by atoms with Crippen molar-refractivity contribution in [3.05, 3.63) is 0 Å². The largest absolute Gasteiger partial charge is 0.388 e. The average molecular weight is 437 g/mol. The Morgan fingerprint density at radius 3 is 2.65 bits per heavy atom. The molecule has 3 fully saturated rings. The third kappa shape index (κ3) is 3.79. The van der Waals surface area contributed by atoms with Gasteiger partial charge in [0.1, 0.15) is 0 Å². The smallest absolute Gasteiger partial charge is 0.191 e. The lowest BCUT2D eigenvalue weighted by Crippen LogP contribution is -2.68. The number of rotatable bonds is 4. The summed E-state index contributed by atoms with van der Waals surface area (Å²) in [5.41, 5.74) is -0.446. The molecular weight excluding hydrogens is 405 g/mol. The normalized spacial score (nSPS) is 34.3. The fraction of sp³-hybridized carbons (Fsp3) is 0.941. The molecular formula is C17H32IN3O2. The number of nitrogens with zero attached hydrogens (tertiary/aromatic N) is 1. The van der Waals surface area contributed by atoms with Gasteiger partial charge in [-0.1, -0.05) is 26.7 Å². The minimum absolute atomic E-state index is 0. The van der Waals surface area contributed by atoms with Gasteiger partial charge in [-0.25, -0.2) is 0 Å². The van der Waals surface area contributed by atoms with Crippen LogP contribution in [0.5, 0.6) is 0 Å². The standard InChI is InChI=1S/C17H31N3O2.HI/c1-4-18-15(19-11-17(21)8-5-6-9-17)20-13-12-7-10-22-14(12)16(13,2)3;/h12-14,21H,4-11H2,1-3H3,(H2,18,19,20);1H. The highest BCUT2D eigenvalue weighted by Gasteiger charge is 2.59. The van der Waals surface area contributed by atoms with Gasteiger partial charge in [0.2, 0.25) is 0 Å². The maximum absolute atomic E-state index is 10.5. The number of nitrogens with one attached hydrogen (secondary N) is 2. The van der Waals surface area contributed by atoms with Crippen molar-refractivity contribution in [2.45, 2.75) is 70.6 Å². The third-order valence-electron chi connectivity index (χ3n) is 5.80. The van der Waals surface area contributed by atoms with Gasteiger partial charge in [-0.3, -0.25) is 4.99 Å². The van der Waals surface area contributed by atoms with Crippen LogP contribution < -0.4 is 10.6 Å². The molecule has 2 saturated carbocycles.